The molecule has 13 heteroatoms. The number of aliphatic imine (C=N–C) groups is 1. The number of anilines is 1. The van der Waals surface area contributed by atoms with Crippen LogP contribution in [-0.4, -0.2) is 27.7 Å². The van der Waals surface area contributed by atoms with Gasteiger partial charge in [-0.2, -0.15) is 26.3 Å². The lowest BCUT2D eigenvalue weighted by molar-refractivity contribution is -0.301. The zero-order valence-electron chi connectivity index (χ0n) is 16.1. The Kier molecular flexibility index (Phi) is 4.95. The number of rotatable bonds is 2. The Morgan fingerprint density at radius 2 is 1.42 bits per heavy atom. The van der Waals surface area contributed by atoms with E-state index < -0.39 is 52.2 Å². The van der Waals surface area contributed by atoms with Gasteiger partial charge >= 0.3 is 18.0 Å². The average molecular weight is 472 g/mol. The molecule has 1 aliphatic heterocycles. The summed E-state index contributed by atoms with van der Waals surface area (Å²) in [5, 5.41) is 2.25. The van der Waals surface area contributed by atoms with E-state index in [9.17, 15) is 40.3 Å². The van der Waals surface area contributed by atoms with Gasteiger partial charge in [0, 0.05) is 5.56 Å². The number of aromatic amines is 1. The predicted molar refractivity (Wildman–Crippen MR) is 103 cm³/mol. The van der Waals surface area contributed by atoms with E-state index in [2.05, 4.69) is 10.3 Å². The van der Waals surface area contributed by atoms with Crippen molar-refractivity contribution in [3.8, 4) is 5.69 Å². The molecule has 172 valence electrons. The first-order chi connectivity index (χ1) is 15.4. The van der Waals surface area contributed by atoms with E-state index in [1.54, 1.807) is 0 Å². The largest absolute Gasteiger partial charge is 0.427 e. The first-order valence-electron chi connectivity index (χ1n) is 9.08. The van der Waals surface area contributed by atoms with Crippen LogP contribution in [0.1, 0.15) is 11.1 Å². The zero-order chi connectivity index (χ0) is 24.2. The quantitative estimate of drug-likeness (QED) is 0.557. The Bertz CT molecular complexity index is 1340. The van der Waals surface area contributed by atoms with E-state index in [1.165, 1.54) is 35.3 Å². The van der Waals surface area contributed by atoms with Gasteiger partial charge in [0.25, 0.3) is 11.1 Å². The summed E-state index contributed by atoms with van der Waals surface area (Å²) in [5.74, 6) is -2.84. The summed E-state index contributed by atoms with van der Waals surface area (Å²) in [7, 11) is 0. The predicted octanol–water partition coefficient (Wildman–Crippen LogP) is 3.86. The minimum Gasteiger partial charge on any atom is -0.325 e. The number of amidine groups is 1. The molecular weight excluding hydrogens is 461 g/mol. The molecule has 0 aliphatic carbocycles. The minimum atomic E-state index is -6.14. The van der Waals surface area contributed by atoms with Crippen molar-refractivity contribution in [1.29, 1.82) is 0 Å². The SMILES string of the molecule is O=c1[nH]c(=O)n(-c2ccccc2)c2c1C(C(F)(F)F)(C(F)(F)F)N=C(c1ccc(F)cc1)N2. The highest BCUT2D eigenvalue weighted by atomic mass is 19.4. The van der Waals surface area contributed by atoms with Gasteiger partial charge in [0.05, 0.1) is 5.69 Å². The summed E-state index contributed by atoms with van der Waals surface area (Å²) in [5.41, 5.74) is -10.5. The van der Waals surface area contributed by atoms with Crippen LogP contribution in [0, 0.1) is 5.82 Å². The average Bonchev–Trinajstić information content (AvgIpc) is 2.72. The summed E-state index contributed by atoms with van der Waals surface area (Å²) < 4.78 is 98.9. The van der Waals surface area contributed by atoms with Crippen LogP contribution < -0.4 is 16.6 Å². The monoisotopic (exact) mass is 472 g/mol. The van der Waals surface area contributed by atoms with E-state index in [-0.39, 0.29) is 11.3 Å². The topological polar surface area (TPSA) is 79.2 Å². The van der Waals surface area contributed by atoms with Crippen molar-refractivity contribution in [2.24, 2.45) is 4.99 Å². The minimum absolute atomic E-state index is 0.124. The number of nitrogens with one attached hydrogen (secondary N) is 2. The number of nitrogens with zero attached hydrogens (tertiary/aromatic N) is 2. The highest BCUT2D eigenvalue weighted by molar-refractivity contribution is 6.09. The van der Waals surface area contributed by atoms with Crippen molar-refractivity contribution in [2.75, 3.05) is 5.32 Å². The van der Waals surface area contributed by atoms with Crippen molar-refractivity contribution in [2.45, 2.75) is 17.9 Å². The van der Waals surface area contributed by atoms with Crippen LogP contribution >= 0.6 is 0 Å². The molecule has 0 spiro atoms. The van der Waals surface area contributed by atoms with Gasteiger partial charge in [0.1, 0.15) is 23.0 Å². The second kappa shape index (κ2) is 7.32. The first kappa shape index (κ1) is 22.3. The van der Waals surface area contributed by atoms with E-state index in [0.717, 1.165) is 24.3 Å². The molecule has 2 heterocycles. The van der Waals surface area contributed by atoms with Gasteiger partial charge in [-0.3, -0.25) is 9.78 Å². The summed E-state index contributed by atoms with van der Waals surface area (Å²) in [6.45, 7) is 0. The molecule has 0 bridgehead atoms. The molecule has 0 amide bonds. The Hall–Kier alpha value is -3.90. The van der Waals surface area contributed by atoms with Crippen LogP contribution in [0.2, 0.25) is 0 Å². The zero-order valence-corrected chi connectivity index (χ0v) is 16.1. The highest BCUT2D eigenvalue weighted by Gasteiger charge is 2.75. The van der Waals surface area contributed by atoms with Crippen LogP contribution in [0.15, 0.2) is 69.2 Å². The van der Waals surface area contributed by atoms with Gasteiger partial charge < -0.3 is 5.32 Å². The van der Waals surface area contributed by atoms with E-state index in [1.807, 2.05) is 0 Å². The molecule has 1 aromatic heterocycles. The molecule has 0 unspecified atom stereocenters. The Balaban J connectivity index is 2.18. The molecule has 0 radical (unpaired) electrons. The van der Waals surface area contributed by atoms with E-state index >= 15 is 0 Å². The maximum absolute atomic E-state index is 14.2. The number of benzene rings is 2. The molecule has 0 saturated heterocycles. The van der Waals surface area contributed by atoms with Crippen LogP contribution in [0.3, 0.4) is 0 Å². The Morgan fingerprint density at radius 1 is 0.848 bits per heavy atom. The van der Waals surface area contributed by atoms with E-state index in [0.29, 0.717) is 4.57 Å². The number of alkyl halides is 6. The second-order valence-corrected chi connectivity index (χ2v) is 6.95. The maximum Gasteiger partial charge on any atom is 0.427 e. The van der Waals surface area contributed by atoms with Gasteiger partial charge in [0.15, 0.2) is 0 Å². The third kappa shape index (κ3) is 3.39. The number of aromatic nitrogens is 2. The van der Waals surface area contributed by atoms with Gasteiger partial charge in [0.2, 0.25) is 0 Å². The molecule has 2 aromatic carbocycles. The fourth-order valence-electron chi connectivity index (χ4n) is 3.49. The van der Waals surface area contributed by atoms with Crippen molar-refractivity contribution >= 4 is 11.7 Å². The fraction of sp³-hybridized carbons (Fsp3) is 0.150. The number of hydrogen-bond donors (Lipinski definition) is 2. The van der Waals surface area contributed by atoms with Gasteiger partial charge in [-0.25, -0.2) is 18.7 Å². The molecule has 0 fully saturated rings. The molecule has 1 aliphatic rings. The Labute approximate surface area is 179 Å². The second-order valence-electron chi connectivity index (χ2n) is 6.95. The van der Waals surface area contributed by atoms with Crippen molar-refractivity contribution in [3.05, 3.63) is 92.4 Å². The lowest BCUT2D eigenvalue weighted by Gasteiger charge is -2.38. The van der Waals surface area contributed by atoms with Crippen LogP contribution in [0.4, 0.5) is 36.6 Å². The lowest BCUT2D eigenvalue weighted by atomic mass is 9.87. The van der Waals surface area contributed by atoms with Crippen LogP contribution in [0.5, 0.6) is 0 Å². The maximum atomic E-state index is 14.2. The highest BCUT2D eigenvalue weighted by Crippen LogP contribution is 2.55. The van der Waals surface area contributed by atoms with Gasteiger partial charge in [-0.05, 0) is 36.4 Å². The lowest BCUT2D eigenvalue weighted by Crippen LogP contribution is -2.59. The number of halogens is 7. The van der Waals surface area contributed by atoms with Crippen LogP contribution in [-0.2, 0) is 5.54 Å². The summed E-state index contributed by atoms with van der Waals surface area (Å²) in [6.07, 6.45) is -12.3. The number of fused-ring (bicyclic) bond motifs is 1. The normalized spacial score (nSPS) is 15.4. The number of hydrogen-bond acceptors (Lipinski definition) is 4. The molecule has 2 N–H and O–H groups in total. The summed E-state index contributed by atoms with van der Waals surface area (Å²) in [4.78, 5) is 29.4. The Morgan fingerprint density at radius 3 is 1.97 bits per heavy atom. The molecule has 6 nitrogen and oxygen atoms in total. The summed E-state index contributed by atoms with van der Waals surface area (Å²) in [6, 6.07) is 10.2. The third-order valence-electron chi connectivity index (χ3n) is 4.94. The van der Waals surface area contributed by atoms with Crippen molar-refractivity contribution < 1.29 is 30.7 Å². The standard InChI is InChI=1S/C20H11F7N4O2/c21-11-8-6-10(7-9-11)14-28-15-13(18(30-14,19(22,23)24)20(25,26)27)16(32)29-17(33)31(15)12-4-2-1-3-5-12/h1-9H,(H,28,30)(H,29,32,33). The molecular formula is C20H11F7N4O2. The number of para-hydroxylation sites is 1. The van der Waals surface area contributed by atoms with Crippen molar-refractivity contribution in [1.82, 2.24) is 9.55 Å². The van der Waals surface area contributed by atoms with Gasteiger partial charge in [-0.1, -0.05) is 18.2 Å². The van der Waals surface area contributed by atoms with Crippen LogP contribution in [0.25, 0.3) is 5.69 Å². The molecule has 0 atom stereocenters. The number of H-pyrrole nitrogens is 1. The summed E-state index contributed by atoms with van der Waals surface area (Å²) >= 11 is 0. The van der Waals surface area contributed by atoms with Crippen molar-refractivity contribution in [3.63, 3.8) is 0 Å². The molecule has 4 rings (SSSR count). The third-order valence-corrected chi connectivity index (χ3v) is 4.94. The first-order valence-corrected chi connectivity index (χ1v) is 9.08. The fourth-order valence-corrected chi connectivity index (χ4v) is 3.49. The van der Waals surface area contributed by atoms with E-state index in [4.69, 9.17) is 0 Å². The molecule has 33 heavy (non-hydrogen) atoms. The molecule has 3 aromatic rings. The van der Waals surface area contributed by atoms with Gasteiger partial charge in [-0.15, -0.1) is 0 Å². The smallest absolute Gasteiger partial charge is 0.325 e. The molecule has 0 saturated carbocycles.